The maximum Gasteiger partial charge on any atom is 0.326 e. The van der Waals surface area contributed by atoms with Crippen molar-refractivity contribution >= 4 is 11.9 Å². The summed E-state index contributed by atoms with van der Waals surface area (Å²) in [5.41, 5.74) is 0.841. The van der Waals surface area contributed by atoms with Crippen LogP contribution in [0.2, 0.25) is 0 Å². The second-order valence-electron chi connectivity index (χ2n) is 5.31. The predicted octanol–water partition coefficient (Wildman–Crippen LogP) is 1.86. The summed E-state index contributed by atoms with van der Waals surface area (Å²) >= 11 is 0. The van der Waals surface area contributed by atoms with Crippen molar-refractivity contribution in [2.75, 3.05) is 14.2 Å². The zero-order chi connectivity index (χ0) is 16.7. The van der Waals surface area contributed by atoms with Gasteiger partial charge in [-0.05, 0) is 36.1 Å². The van der Waals surface area contributed by atoms with Gasteiger partial charge in [-0.2, -0.15) is 0 Å². The van der Waals surface area contributed by atoms with Crippen LogP contribution < -0.4 is 14.8 Å². The average Bonchev–Trinajstić information content (AvgIpc) is 2.49. The first-order chi connectivity index (χ1) is 10.4. The monoisotopic (exact) mass is 309 g/mol. The molecule has 1 rings (SSSR count). The Hall–Kier alpha value is -2.24. The Morgan fingerprint density at radius 1 is 1.23 bits per heavy atom. The van der Waals surface area contributed by atoms with E-state index in [1.54, 1.807) is 40.2 Å². The van der Waals surface area contributed by atoms with Crippen molar-refractivity contribution in [1.29, 1.82) is 0 Å². The Bertz CT molecular complexity index is 527. The SMILES string of the molecule is COc1ccc(OC)c(CCC(=O)N[C@@H](C(=O)O)C(C)C)c1. The van der Waals surface area contributed by atoms with Gasteiger partial charge in [0.1, 0.15) is 17.5 Å². The number of hydrogen-bond donors (Lipinski definition) is 2. The molecule has 0 radical (unpaired) electrons. The van der Waals surface area contributed by atoms with E-state index in [1.165, 1.54) is 0 Å². The van der Waals surface area contributed by atoms with E-state index >= 15 is 0 Å². The molecule has 6 heteroatoms. The van der Waals surface area contributed by atoms with Gasteiger partial charge in [-0.25, -0.2) is 4.79 Å². The molecule has 0 aliphatic carbocycles. The molecule has 0 fully saturated rings. The van der Waals surface area contributed by atoms with Crippen molar-refractivity contribution in [3.8, 4) is 11.5 Å². The van der Waals surface area contributed by atoms with Gasteiger partial charge in [-0.1, -0.05) is 13.8 Å². The molecule has 1 aromatic rings. The predicted molar refractivity (Wildman–Crippen MR) is 82.3 cm³/mol. The van der Waals surface area contributed by atoms with Crippen LogP contribution >= 0.6 is 0 Å². The first-order valence-electron chi connectivity index (χ1n) is 7.12. The number of rotatable bonds is 8. The smallest absolute Gasteiger partial charge is 0.326 e. The van der Waals surface area contributed by atoms with Crippen LogP contribution in [0.1, 0.15) is 25.8 Å². The summed E-state index contributed by atoms with van der Waals surface area (Å²) in [5, 5.41) is 11.6. The lowest BCUT2D eigenvalue weighted by Crippen LogP contribution is -2.44. The van der Waals surface area contributed by atoms with Crippen molar-refractivity contribution in [2.24, 2.45) is 5.92 Å². The van der Waals surface area contributed by atoms with Crippen LogP contribution in [0.5, 0.6) is 11.5 Å². The van der Waals surface area contributed by atoms with Crippen LogP contribution in [0, 0.1) is 5.92 Å². The second kappa shape index (κ2) is 8.26. The van der Waals surface area contributed by atoms with Gasteiger partial charge in [0.25, 0.3) is 0 Å². The van der Waals surface area contributed by atoms with Crippen LogP contribution in [0.3, 0.4) is 0 Å². The molecule has 122 valence electrons. The van der Waals surface area contributed by atoms with E-state index in [0.29, 0.717) is 17.9 Å². The van der Waals surface area contributed by atoms with Crippen LogP contribution in [0.25, 0.3) is 0 Å². The van der Waals surface area contributed by atoms with Gasteiger partial charge in [-0.3, -0.25) is 4.79 Å². The van der Waals surface area contributed by atoms with E-state index in [4.69, 9.17) is 14.6 Å². The lowest BCUT2D eigenvalue weighted by atomic mass is 10.0. The molecule has 0 saturated heterocycles. The quantitative estimate of drug-likeness (QED) is 0.765. The largest absolute Gasteiger partial charge is 0.497 e. The van der Waals surface area contributed by atoms with Gasteiger partial charge in [-0.15, -0.1) is 0 Å². The molecule has 0 aromatic heterocycles. The Balaban J connectivity index is 2.69. The molecule has 2 N–H and O–H groups in total. The molecule has 0 aliphatic rings. The molecule has 0 spiro atoms. The fourth-order valence-corrected chi connectivity index (χ4v) is 2.08. The molecular formula is C16H23NO5. The lowest BCUT2D eigenvalue weighted by molar-refractivity contribution is -0.143. The van der Waals surface area contributed by atoms with Crippen LogP contribution in [-0.4, -0.2) is 37.2 Å². The van der Waals surface area contributed by atoms with Crippen molar-refractivity contribution < 1.29 is 24.2 Å². The normalized spacial score (nSPS) is 11.9. The Kier molecular flexibility index (Phi) is 6.69. The Morgan fingerprint density at radius 3 is 2.41 bits per heavy atom. The number of aryl methyl sites for hydroxylation is 1. The summed E-state index contributed by atoms with van der Waals surface area (Å²) in [6.07, 6.45) is 0.622. The highest BCUT2D eigenvalue weighted by Gasteiger charge is 2.23. The standard InChI is InChI=1S/C16H23NO5/c1-10(2)15(16(19)20)17-14(18)8-5-11-9-12(21-3)6-7-13(11)22-4/h6-7,9-10,15H,5,8H2,1-4H3,(H,17,18)(H,19,20)/t15-/m1/s1. The fraction of sp³-hybridized carbons (Fsp3) is 0.500. The van der Waals surface area contributed by atoms with Crippen molar-refractivity contribution in [3.63, 3.8) is 0 Å². The minimum absolute atomic E-state index is 0.173. The third-order valence-corrected chi connectivity index (χ3v) is 3.36. The van der Waals surface area contributed by atoms with Crippen molar-refractivity contribution in [1.82, 2.24) is 5.32 Å². The van der Waals surface area contributed by atoms with Crippen LogP contribution in [0.4, 0.5) is 0 Å². The summed E-state index contributed by atoms with van der Waals surface area (Å²) in [4.78, 5) is 23.0. The van der Waals surface area contributed by atoms with Gasteiger partial charge < -0.3 is 19.9 Å². The number of amides is 1. The fourth-order valence-electron chi connectivity index (χ4n) is 2.08. The highest BCUT2D eigenvalue weighted by molar-refractivity contribution is 5.83. The third kappa shape index (κ3) is 4.95. The minimum Gasteiger partial charge on any atom is -0.497 e. The van der Waals surface area contributed by atoms with E-state index in [0.717, 1.165) is 5.56 Å². The van der Waals surface area contributed by atoms with Crippen molar-refractivity contribution in [3.05, 3.63) is 23.8 Å². The van der Waals surface area contributed by atoms with Gasteiger partial charge in [0.15, 0.2) is 0 Å². The summed E-state index contributed by atoms with van der Waals surface area (Å²) in [5.74, 6) is -0.143. The van der Waals surface area contributed by atoms with E-state index in [9.17, 15) is 9.59 Å². The Morgan fingerprint density at radius 2 is 1.91 bits per heavy atom. The van der Waals surface area contributed by atoms with Crippen molar-refractivity contribution in [2.45, 2.75) is 32.7 Å². The number of nitrogens with one attached hydrogen (secondary N) is 1. The highest BCUT2D eigenvalue weighted by atomic mass is 16.5. The van der Waals surface area contributed by atoms with Gasteiger partial charge >= 0.3 is 5.97 Å². The number of hydrogen-bond acceptors (Lipinski definition) is 4. The summed E-state index contributed by atoms with van der Waals surface area (Å²) in [7, 11) is 3.13. The molecule has 6 nitrogen and oxygen atoms in total. The second-order valence-corrected chi connectivity index (χ2v) is 5.31. The number of carbonyl (C=O) groups excluding carboxylic acids is 1. The summed E-state index contributed by atoms with van der Waals surface area (Å²) in [6, 6.07) is 4.49. The maximum atomic E-state index is 11.9. The van der Waals surface area contributed by atoms with Crippen LogP contribution in [0.15, 0.2) is 18.2 Å². The number of aliphatic carboxylic acids is 1. The van der Waals surface area contributed by atoms with E-state index in [1.807, 2.05) is 6.07 Å². The van der Waals surface area contributed by atoms with Gasteiger partial charge in [0.05, 0.1) is 14.2 Å². The van der Waals surface area contributed by atoms with Gasteiger partial charge in [0.2, 0.25) is 5.91 Å². The number of methoxy groups -OCH3 is 2. The van der Waals surface area contributed by atoms with Gasteiger partial charge in [0, 0.05) is 6.42 Å². The van der Waals surface area contributed by atoms with E-state index in [2.05, 4.69) is 5.32 Å². The molecule has 1 atom stereocenters. The number of carboxylic acids is 1. The van der Waals surface area contributed by atoms with E-state index in [-0.39, 0.29) is 18.2 Å². The summed E-state index contributed by atoms with van der Waals surface area (Å²) < 4.78 is 10.4. The molecule has 1 aromatic carbocycles. The number of carbonyl (C=O) groups is 2. The molecule has 0 heterocycles. The molecular weight excluding hydrogens is 286 g/mol. The molecule has 0 saturated carbocycles. The molecule has 1 amide bonds. The zero-order valence-corrected chi connectivity index (χ0v) is 13.4. The number of benzene rings is 1. The summed E-state index contributed by atoms with van der Waals surface area (Å²) in [6.45, 7) is 3.51. The van der Waals surface area contributed by atoms with Crippen LogP contribution in [-0.2, 0) is 16.0 Å². The third-order valence-electron chi connectivity index (χ3n) is 3.36. The minimum atomic E-state index is -1.03. The Labute approximate surface area is 130 Å². The number of ether oxygens (including phenoxy) is 2. The average molecular weight is 309 g/mol. The molecule has 0 bridgehead atoms. The highest BCUT2D eigenvalue weighted by Crippen LogP contribution is 2.25. The lowest BCUT2D eigenvalue weighted by Gasteiger charge is -2.18. The first-order valence-corrected chi connectivity index (χ1v) is 7.12. The number of carboxylic acid groups (broad SMARTS) is 1. The maximum absolute atomic E-state index is 11.9. The zero-order valence-electron chi connectivity index (χ0n) is 13.4. The molecule has 22 heavy (non-hydrogen) atoms. The first kappa shape index (κ1) is 17.8. The molecule has 0 unspecified atom stereocenters. The van der Waals surface area contributed by atoms with E-state index < -0.39 is 12.0 Å². The topological polar surface area (TPSA) is 84.9 Å². The molecule has 0 aliphatic heterocycles.